The summed E-state index contributed by atoms with van der Waals surface area (Å²) in [5.41, 5.74) is 10.4. The van der Waals surface area contributed by atoms with E-state index in [1.54, 1.807) is 0 Å². The van der Waals surface area contributed by atoms with Crippen LogP contribution >= 0.6 is 11.6 Å². The molecule has 4 nitrogen and oxygen atoms in total. The molecule has 0 radical (unpaired) electrons. The van der Waals surface area contributed by atoms with Crippen molar-refractivity contribution in [1.82, 2.24) is 14.5 Å². The van der Waals surface area contributed by atoms with Gasteiger partial charge in [0.1, 0.15) is 17.3 Å². The number of rotatable bonds is 2. The lowest BCUT2D eigenvalue weighted by molar-refractivity contribution is 0.787. The predicted octanol–water partition coefficient (Wildman–Crippen LogP) is 3.64. The molecule has 2 heterocycles. The Morgan fingerprint density at radius 1 is 1.19 bits per heavy atom. The zero-order valence-electron chi connectivity index (χ0n) is 12.3. The average Bonchev–Trinajstić information content (AvgIpc) is 2.64. The molecule has 0 bridgehead atoms. The van der Waals surface area contributed by atoms with Gasteiger partial charge >= 0.3 is 0 Å². The fourth-order valence-corrected chi connectivity index (χ4v) is 2.90. The topological polar surface area (TPSA) is 56.7 Å². The zero-order valence-corrected chi connectivity index (χ0v) is 13.1. The molecule has 0 saturated carbocycles. The highest BCUT2D eigenvalue weighted by molar-refractivity contribution is 6.30. The summed E-state index contributed by atoms with van der Waals surface area (Å²) in [6, 6.07) is 7.87. The van der Waals surface area contributed by atoms with Crippen molar-refractivity contribution in [2.24, 2.45) is 0 Å². The maximum absolute atomic E-state index is 6.07. The molecule has 2 aromatic heterocycles. The first kappa shape index (κ1) is 13.9. The Kier molecular flexibility index (Phi) is 3.33. The highest BCUT2D eigenvalue weighted by atomic mass is 35.5. The van der Waals surface area contributed by atoms with Crippen LogP contribution in [-0.2, 0) is 6.54 Å². The lowest BCUT2D eigenvalue weighted by atomic mass is 10.2. The van der Waals surface area contributed by atoms with Crippen molar-refractivity contribution >= 4 is 28.5 Å². The number of hydrogen-bond donors (Lipinski definition) is 1. The minimum Gasteiger partial charge on any atom is -0.383 e. The van der Waals surface area contributed by atoms with Crippen LogP contribution in [0, 0.1) is 20.8 Å². The van der Waals surface area contributed by atoms with E-state index in [9.17, 15) is 0 Å². The van der Waals surface area contributed by atoms with Crippen LogP contribution in [0.3, 0.4) is 0 Å². The number of halogens is 1. The number of hydrogen-bond acceptors (Lipinski definition) is 3. The lowest BCUT2D eigenvalue weighted by Gasteiger charge is -2.09. The normalized spacial score (nSPS) is 11.2. The molecule has 0 fully saturated rings. The number of nitrogen functional groups attached to an aromatic ring is 1. The molecule has 0 spiro atoms. The quantitative estimate of drug-likeness (QED) is 0.786. The van der Waals surface area contributed by atoms with Crippen LogP contribution in [0.4, 0.5) is 5.82 Å². The first-order chi connectivity index (χ1) is 9.97. The number of nitrogens with zero attached hydrogens (tertiary/aromatic N) is 3. The van der Waals surface area contributed by atoms with Crippen molar-refractivity contribution in [3.63, 3.8) is 0 Å². The molecule has 1 aromatic carbocycles. The molecule has 5 heteroatoms. The van der Waals surface area contributed by atoms with E-state index < -0.39 is 0 Å². The van der Waals surface area contributed by atoms with Crippen molar-refractivity contribution in [3.05, 3.63) is 51.9 Å². The van der Waals surface area contributed by atoms with Gasteiger partial charge in [-0.1, -0.05) is 23.7 Å². The Balaban J connectivity index is 2.20. The molecule has 0 amide bonds. The largest absolute Gasteiger partial charge is 0.383 e. The molecule has 0 saturated heterocycles. The van der Waals surface area contributed by atoms with Crippen molar-refractivity contribution in [3.8, 4) is 0 Å². The third-order valence-corrected chi connectivity index (χ3v) is 4.07. The monoisotopic (exact) mass is 300 g/mol. The fourth-order valence-electron chi connectivity index (χ4n) is 2.69. The third kappa shape index (κ3) is 2.36. The van der Waals surface area contributed by atoms with Crippen LogP contribution in [0.25, 0.3) is 11.0 Å². The molecular formula is C16H17ClN4. The summed E-state index contributed by atoms with van der Waals surface area (Å²) in [5, 5.41) is 1.68. The molecule has 3 rings (SSSR count). The SMILES string of the molecule is Cc1nc(N)c2c(C)c(C)n(Cc3cccc(Cl)c3)c2n1. The van der Waals surface area contributed by atoms with Gasteiger partial charge in [-0.2, -0.15) is 0 Å². The molecule has 108 valence electrons. The van der Waals surface area contributed by atoms with Gasteiger partial charge < -0.3 is 10.3 Å². The van der Waals surface area contributed by atoms with Crippen LogP contribution in [-0.4, -0.2) is 14.5 Å². The van der Waals surface area contributed by atoms with Crippen LogP contribution in [0.15, 0.2) is 24.3 Å². The number of aryl methyl sites for hydroxylation is 2. The van der Waals surface area contributed by atoms with Gasteiger partial charge in [0, 0.05) is 17.3 Å². The van der Waals surface area contributed by atoms with Gasteiger partial charge in [0.2, 0.25) is 0 Å². The van der Waals surface area contributed by atoms with Gasteiger partial charge in [-0.3, -0.25) is 0 Å². The Labute approximate surface area is 128 Å². The molecule has 0 aliphatic heterocycles. The number of aromatic nitrogens is 3. The Morgan fingerprint density at radius 2 is 1.95 bits per heavy atom. The fraction of sp³-hybridized carbons (Fsp3) is 0.250. The molecule has 0 aliphatic carbocycles. The maximum Gasteiger partial charge on any atom is 0.146 e. The van der Waals surface area contributed by atoms with E-state index >= 15 is 0 Å². The van der Waals surface area contributed by atoms with Crippen molar-refractivity contribution in [2.75, 3.05) is 5.73 Å². The molecule has 0 unspecified atom stereocenters. The highest BCUT2D eigenvalue weighted by Crippen LogP contribution is 2.28. The summed E-state index contributed by atoms with van der Waals surface area (Å²) in [6.07, 6.45) is 0. The zero-order chi connectivity index (χ0) is 15.1. The third-order valence-electron chi connectivity index (χ3n) is 3.84. The van der Waals surface area contributed by atoms with Crippen molar-refractivity contribution in [2.45, 2.75) is 27.3 Å². The van der Waals surface area contributed by atoms with Crippen molar-refractivity contribution < 1.29 is 0 Å². The van der Waals surface area contributed by atoms with Gasteiger partial charge in [0.05, 0.1) is 5.39 Å². The second-order valence-electron chi connectivity index (χ2n) is 5.28. The van der Waals surface area contributed by atoms with Gasteiger partial charge in [-0.15, -0.1) is 0 Å². The number of benzene rings is 1. The molecule has 0 aliphatic rings. The van der Waals surface area contributed by atoms with Crippen LogP contribution in [0.5, 0.6) is 0 Å². The van der Waals surface area contributed by atoms with E-state index in [4.69, 9.17) is 17.3 Å². The lowest BCUT2D eigenvalue weighted by Crippen LogP contribution is -2.04. The standard InChI is InChI=1S/C16H17ClN4/c1-9-10(2)21(8-12-5-4-6-13(17)7-12)16-14(9)15(18)19-11(3)20-16/h4-7H,8H2,1-3H3,(H2,18,19,20). The number of anilines is 1. The molecule has 0 atom stereocenters. The first-order valence-corrected chi connectivity index (χ1v) is 7.19. The van der Waals surface area contributed by atoms with Crippen molar-refractivity contribution in [1.29, 1.82) is 0 Å². The summed E-state index contributed by atoms with van der Waals surface area (Å²) in [4.78, 5) is 8.85. The summed E-state index contributed by atoms with van der Waals surface area (Å²) >= 11 is 6.07. The molecular weight excluding hydrogens is 284 g/mol. The molecule has 3 aromatic rings. The second-order valence-corrected chi connectivity index (χ2v) is 5.72. The van der Waals surface area contributed by atoms with E-state index in [0.29, 0.717) is 18.2 Å². The molecule has 21 heavy (non-hydrogen) atoms. The van der Waals surface area contributed by atoms with Crippen LogP contribution in [0.2, 0.25) is 5.02 Å². The first-order valence-electron chi connectivity index (χ1n) is 6.81. The summed E-state index contributed by atoms with van der Waals surface area (Å²) in [7, 11) is 0. The van der Waals surface area contributed by atoms with Crippen LogP contribution < -0.4 is 5.73 Å². The van der Waals surface area contributed by atoms with E-state index in [-0.39, 0.29) is 0 Å². The number of nitrogens with two attached hydrogens (primary N) is 1. The summed E-state index contributed by atoms with van der Waals surface area (Å²) in [5.74, 6) is 1.23. The van der Waals surface area contributed by atoms with Crippen LogP contribution in [0.1, 0.15) is 22.6 Å². The Morgan fingerprint density at radius 3 is 2.67 bits per heavy atom. The smallest absolute Gasteiger partial charge is 0.146 e. The highest BCUT2D eigenvalue weighted by Gasteiger charge is 2.16. The number of fused-ring (bicyclic) bond motifs is 1. The maximum atomic E-state index is 6.07. The van der Waals surface area contributed by atoms with Gasteiger partial charge in [0.15, 0.2) is 0 Å². The van der Waals surface area contributed by atoms with E-state index in [1.165, 1.54) is 0 Å². The second kappa shape index (κ2) is 5.04. The van der Waals surface area contributed by atoms with Gasteiger partial charge in [-0.05, 0) is 44.0 Å². The summed E-state index contributed by atoms with van der Waals surface area (Å²) < 4.78 is 2.17. The minimum atomic E-state index is 0.544. The minimum absolute atomic E-state index is 0.544. The summed E-state index contributed by atoms with van der Waals surface area (Å²) in [6.45, 7) is 6.71. The average molecular weight is 301 g/mol. The van der Waals surface area contributed by atoms with E-state index in [0.717, 1.165) is 32.9 Å². The Bertz CT molecular complexity index is 836. The molecule has 2 N–H and O–H groups in total. The van der Waals surface area contributed by atoms with E-state index in [1.807, 2.05) is 25.1 Å². The van der Waals surface area contributed by atoms with Gasteiger partial charge in [0.25, 0.3) is 0 Å². The van der Waals surface area contributed by atoms with E-state index in [2.05, 4.69) is 34.4 Å². The van der Waals surface area contributed by atoms with Gasteiger partial charge in [-0.25, -0.2) is 9.97 Å². The Hall–Kier alpha value is -2.07. The predicted molar refractivity (Wildman–Crippen MR) is 86.7 cm³/mol.